The lowest BCUT2D eigenvalue weighted by Gasteiger charge is -2.05. The molecule has 96 valence electrons. The van der Waals surface area contributed by atoms with Crippen LogP contribution in [0.25, 0.3) is 0 Å². The first-order valence-electron chi connectivity index (χ1n) is 5.19. The highest BCUT2D eigenvalue weighted by Gasteiger charge is 2.12. The Labute approximate surface area is 116 Å². The Bertz CT molecular complexity index is 628. The summed E-state index contributed by atoms with van der Waals surface area (Å²) < 4.78 is 0.572. The van der Waals surface area contributed by atoms with E-state index >= 15 is 0 Å². The SMILES string of the molecule is O=C(O)c1ccc(NC(=O)c2ncccc2Br)cn1. The van der Waals surface area contributed by atoms with E-state index in [9.17, 15) is 9.59 Å². The second-order valence-corrected chi connectivity index (χ2v) is 4.38. The maximum Gasteiger partial charge on any atom is 0.354 e. The molecular formula is C12H8BrN3O3. The summed E-state index contributed by atoms with van der Waals surface area (Å²) in [6.07, 6.45) is 2.78. The Morgan fingerprint density at radius 2 is 2.00 bits per heavy atom. The number of amides is 1. The van der Waals surface area contributed by atoms with Crippen LogP contribution < -0.4 is 5.32 Å². The summed E-state index contributed by atoms with van der Waals surface area (Å²) >= 11 is 3.22. The van der Waals surface area contributed by atoms with Crippen molar-refractivity contribution in [3.05, 3.63) is 52.5 Å². The molecule has 0 saturated heterocycles. The molecule has 0 atom stereocenters. The molecule has 0 unspecified atom stereocenters. The van der Waals surface area contributed by atoms with Crippen molar-refractivity contribution in [1.82, 2.24) is 9.97 Å². The fourth-order valence-electron chi connectivity index (χ4n) is 1.34. The summed E-state index contributed by atoms with van der Waals surface area (Å²) in [5.41, 5.74) is 0.550. The molecule has 0 aliphatic heterocycles. The molecule has 2 N–H and O–H groups in total. The maximum atomic E-state index is 11.9. The third-order valence-electron chi connectivity index (χ3n) is 2.21. The Kier molecular flexibility index (Phi) is 3.86. The molecule has 7 heteroatoms. The average Bonchev–Trinajstić information content (AvgIpc) is 2.39. The average molecular weight is 322 g/mol. The molecule has 0 aliphatic carbocycles. The molecule has 0 radical (unpaired) electrons. The van der Waals surface area contributed by atoms with Crippen LogP contribution in [0.3, 0.4) is 0 Å². The lowest BCUT2D eigenvalue weighted by molar-refractivity contribution is 0.0690. The predicted octanol–water partition coefficient (Wildman–Crippen LogP) is 2.19. The Hall–Kier alpha value is -2.28. The Morgan fingerprint density at radius 1 is 1.21 bits per heavy atom. The van der Waals surface area contributed by atoms with Gasteiger partial charge in [-0.05, 0) is 40.2 Å². The zero-order chi connectivity index (χ0) is 13.8. The highest BCUT2D eigenvalue weighted by atomic mass is 79.9. The largest absolute Gasteiger partial charge is 0.477 e. The van der Waals surface area contributed by atoms with Crippen LogP contribution in [0.2, 0.25) is 0 Å². The summed E-state index contributed by atoms with van der Waals surface area (Å²) in [4.78, 5) is 30.2. The van der Waals surface area contributed by atoms with Crippen molar-refractivity contribution in [1.29, 1.82) is 0 Å². The van der Waals surface area contributed by atoms with E-state index < -0.39 is 11.9 Å². The molecule has 2 aromatic rings. The molecule has 2 rings (SSSR count). The highest BCUT2D eigenvalue weighted by molar-refractivity contribution is 9.10. The van der Waals surface area contributed by atoms with Gasteiger partial charge in [0.2, 0.25) is 0 Å². The van der Waals surface area contributed by atoms with Crippen LogP contribution in [0.5, 0.6) is 0 Å². The van der Waals surface area contributed by atoms with Gasteiger partial charge in [0.25, 0.3) is 5.91 Å². The molecular weight excluding hydrogens is 314 g/mol. The van der Waals surface area contributed by atoms with Crippen molar-refractivity contribution >= 4 is 33.5 Å². The number of nitrogens with zero attached hydrogens (tertiary/aromatic N) is 2. The number of hydrogen-bond donors (Lipinski definition) is 2. The maximum absolute atomic E-state index is 11.9. The minimum atomic E-state index is -1.12. The molecule has 0 spiro atoms. The number of carboxylic acid groups (broad SMARTS) is 1. The zero-order valence-corrected chi connectivity index (χ0v) is 11.1. The minimum Gasteiger partial charge on any atom is -0.477 e. The molecule has 0 bridgehead atoms. The van der Waals surface area contributed by atoms with Crippen LogP contribution in [0.1, 0.15) is 21.0 Å². The molecule has 2 aromatic heterocycles. The number of aromatic nitrogens is 2. The van der Waals surface area contributed by atoms with Gasteiger partial charge < -0.3 is 10.4 Å². The number of rotatable bonds is 3. The first kappa shape index (κ1) is 13.2. The van der Waals surface area contributed by atoms with Crippen molar-refractivity contribution in [2.75, 3.05) is 5.32 Å². The molecule has 0 fully saturated rings. The number of nitrogens with one attached hydrogen (secondary N) is 1. The number of halogens is 1. The highest BCUT2D eigenvalue weighted by Crippen LogP contribution is 2.15. The third kappa shape index (κ3) is 3.14. The summed E-state index contributed by atoms with van der Waals surface area (Å²) in [7, 11) is 0. The van der Waals surface area contributed by atoms with E-state index in [1.807, 2.05) is 0 Å². The summed E-state index contributed by atoms with van der Waals surface area (Å²) in [6.45, 7) is 0. The Morgan fingerprint density at radius 3 is 2.58 bits per heavy atom. The van der Waals surface area contributed by atoms with E-state index in [1.54, 1.807) is 12.1 Å². The standard InChI is InChI=1S/C12H8BrN3O3/c13-8-2-1-5-14-10(8)11(17)16-7-3-4-9(12(18)19)15-6-7/h1-6H,(H,16,17)(H,18,19). The van der Waals surface area contributed by atoms with E-state index in [-0.39, 0.29) is 11.4 Å². The van der Waals surface area contributed by atoms with Crippen LogP contribution >= 0.6 is 15.9 Å². The van der Waals surface area contributed by atoms with Gasteiger partial charge in [0.1, 0.15) is 11.4 Å². The predicted molar refractivity (Wildman–Crippen MR) is 71.1 cm³/mol. The van der Waals surface area contributed by atoms with E-state index in [2.05, 4.69) is 31.2 Å². The topological polar surface area (TPSA) is 92.2 Å². The number of carboxylic acids is 1. The monoisotopic (exact) mass is 321 g/mol. The van der Waals surface area contributed by atoms with E-state index in [0.717, 1.165) is 0 Å². The summed E-state index contributed by atoms with van der Waals surface area (Å²) in [5.74, 6) is -1.53. The second kappa shape index (κ2) is 5.57. The first-order chi connectivity index (χ1) is 9.08. The van der Waals surface area contributed by atoms with Crippen LogP contribution in [0.15, 0.2) is 41.1 Å². The van der Waals surface area contributed by atoms with Crippen LogP contribution in [0.4, 0.5) is 5.69 Å². The van der Waals surface area contributed by atoms with Crippen molar-refractivity contribution in [2.24, 2.45) is 0 Å². The van der Waals surface area contributed by atoms with E-state index in [4.69, 9.17) is 5.11 Å². The van der Waals surface area contributed by atoms with Crippen molar-refractivity contribution < 1.29 is 14.7 Å². The fourth-order valence-corrected chi connectivity index (χ4v) is 1.77. The van der Waals surface area contributed by atoms with Gasteiger partial charge in [0.05, 0.1) is 11.9 Å². The van der Waals surface area contributed by atoms with Gasteiger partial charge >= 0.3 is 5.97 Å². The van der Waals surface area contributed by atoms with Gasteiger partial charge in [-0.1, -0.05) is 0 Å². The molecule has 2 heterocycles. The summed E-state index contributed by atoms with van der Waals surface area (Å²) in [6, 6.07) is 6.17. The number of carbonyl (C=O) groups excluding carboxylic acids is 1. The number of pyridine rings is 2. The summed E-state index contributed by atoms with van der Waals surface area (Å²) in [5, 5.41) is 11.3. The fraction of sp³-hybridized carbons (Fsp3) is 0. The number of anilines is 1. The smallest absolute Gasteiger partial charge is 0.354 e. The van der Waals surface area contributed by atoms with Gasteiger partial charge in [-0.2, -0.15) is 0 Å². The molecule has 0 saturated carbocycles. The first-order valence-corrected chi connectivity index (χ1v) is 5.98. The molecule has 1 amide bonds. The van der Waals surface area contributed by atoms with Crippen LogP contribution in [0, 0.1) is 0 Å². The molecule has 0 aromatic carbocycles. The van der Waals surface area contributed by atoms with Gasteiger partial charge in [0, 0.05) is 10.7 Å². The van der Waals surface area contributed by atoms with Crippen LogP contribution in [-0.4, -0.2) is 27.0 Å². The van der Waals surface area contributed by atoms with Crippen molar-refractivity contribution in [2.45, 2.75) is 0 Å². The van der Waals surface area contributed by atoms with Gasteiger partial charge in [0.15, 0.2) is 0 Å². The van der Waals surface area contributed by atoms with Crippen molar-refractivity contribution in [3.63, 3.8) is 0 Å². The quantitative estimate of drug-likeness (QED) is 0.904. The third-order valence-corrected chi connectivity index (χ3v) is 2.85. The van der Waals surface area contributed by atoms with E-state index in [1.165, 1.54) is 24.5 Å². The molecule has 19 heavy (non-hydrogen) atoms. The van der Waals surface area contributed by atoms with Gasteiger partial charge in [-0.25, -0.2) is 14.8 Å². The normalized spacial score (nSPS) is 9.95. The number of hydrogen-bond acceptors (Lipinski definition) is 4. The lowest BCUT2D eigenvalue weighted by atomic mass is 10.3. The van der Waals surface area contributed by atoms with Gasteiger partial charge in [-0.3, -0.25) is 4.79 Å². The number of carbonyl (C=O) groups is 2. The minimum absolute atomic E-state index is 0.0861. The van der Waals surface area contributed by atoms with Gasteiger partial charge in [-0.15, -0.1) is 0 Å². The molecule has 6 nitrogen and oxygen atoms in total. The second-order valence-electron chi connectivity index (χ2n) is 3.53. The van der Waals surface area contributed by atoms with Crippen molar-refractivity contribution in [3.8, 4) is 0 Å². The zero-order valence-electron chi connectivity index (χ0n) is 9.50. The van der Waals surface area contributed by atoms with E-state index in [0.29, 0.717) is 10.2 Å². The molecule has 0 aliphatic rings. The number of aromatic carboxylic acids is 1. The lowest BCUT2D eigenvalue weighted by Crippen LogP contribution is -2.14. The Balaban J connectivity index is 2.15. The van der Waals surface area contributed by atoms with Crippen LogP contribution in [-0.2, 0) is 0 Å².